The van der Waals surface area contributed by atoms with Gasteiger partial charge in [0.15, 0.2) is 12.2 Å². The molecule has 0 aliphatic rings. The number of aliphatic hydroxyl groups is 1. The number of phosphoric acid groups is 2. The van der Waals surface area contributed by atoms with Crippen LogP contribution in [-0.4, -0.2) is 96.7 Å². The fraction of sp³-hybridized carbons (Fsp3) is 0.950. The third kappa shape index (κ3) is 74.1. The lowest BCUT2D eigenvalue weighted by atomic mass is 10.0. The summed E-state index contributed by atoms with van der Waals surface area (Å²) in [7, 11) is -9.92. The molecule has 3 unspecified atom stereocenters. The van der Waals surface area contributed by atoms with Gasteiger partial charge < -0.3 is 33.8 Å². The summed E-state index contributed by atoms with van der Waals surface area (Å²) in [6.45, 7) is 14.2. The Morgan fingerprint density at radius 3 is 0.626 bits per heavy atom. The van der Waals surface area contributed by atoms with E-state index in [1.54, 1.807) is 0 Å². The Kier molecular flexibility index (Phi) is 67.8. The number of hydrogen-bond donors (Lipinski definition) is 3. The van der Waals surface area contributed by atoms with Crippen LogP contribution in [0.1, 0.15) is 409 Å². The normalized spacial score (nSPS) is 14.1. The van der Waals surface area contributed by atoms with Crippen LogP contribution in [0.5, 0.6) is 0 Å². The second kappa shape index (κ2) is 69.1. The van der Waals surface area contributed by atoms with Crippen LogP contribution in [0.4, 0.5) is 0 Å². The van der Waals surface area contributed by atoms with Gasteiger partial charge in [-0.05, 0) is 49.4 Å². The van der Waals surface area contributed by atoms with Crippen LogP contribution < -0.4 is 0 Å². The Labute approximate surface area is 607 Å². The van der Waals surface area contributed by atoms with Gasteiger partial charge in [0.25, 0.3) is 0 Å². The minimum atomic E-state index is -4.96. The van der Waals surface area contributed by atoms with Crippen molar-refractivity contribution in [2.45, 2.75) is 427 Å². The van der Waals surface area contributed by atoms with Crippen LogP contribution >= 0.6 is 15.6 Å². The number of ether oxygens (including phenoxy) is 4. The van der Waals surface area contributed by atoms with E-state index in [4.69, 9.17) is 37.0 Å². The minimum absolute atomic E-state index is 0.106. The fourth-order valence-electron chi connectivity index (χ4n) is 12.3. The van der Waals surface area contributed by atoms with Gasteiger partial charge in [0.05, 0.1) is 26.4 Å². The van der Waals surface area contributed by atoms with E-state index in [9.17, 15) is 43.2 Å². The predicted molar refractivity (Wildman–Crippen MR) is 404 cm³/mol. The zero-order chi connectivity index (χ0) is 73.1. The molecule has 0 rings (SSSR count). The van der Waals surface area contributed by atoms with E-state index in [1.807, 2.05) is 0 Å². The van der Waals surface area contributed by atoms with Crippen LogP contribution in [0, 0.1) is 23.7 Å². The summed E-state index contributed by atoms with van der Waals surface area (Å²) >= 11 is 0. The van der Waals surface area contributed by atoms with E-state index < -0.39 is 97.5 Å². The monoisotopic (exact) mass is 1450 g/mol. The smallest absolute Gasteiger partial charge is 0.462 e. The Morgan fingerprint density at radius 1 is 0.253 bits per heavy atom. The fourth-order valence-corrected chi connectivity index (χ4v) is 13.8. The Balaban J connectivity index is 5.25. The van der Waals surface area contributed by atoms with Crippen molar-refractivity contribution in [3.05, 3.63) is 0 Å². The molecular formula is C80H156O17P2. The molecule has 0 aromatic heterocycles. The quantitative estimate of drug-likeness (QED) is 0.0222. The summed E-state index contributed by atoms with van der Waals surface area (Å²) in [6, 6.07) is 0. The number of carbonyl (C=O) groups excluding carboxylic acids is 4. The first kappa shape index (κ1) is 97.1. The van der Waals surface area contributed by atoms with Crippen molar-refractivity contribution in [3.8, 4) is 0 Å². The lowest BCUT2D eigenvalue weighted by Crippen LogP contribution is -2.30. The summed E-state index contributed by atoms with van der Waals surface area (Å²) in [5, 5.41) is 10.6. The molecule has 0 fully saturated rings. The van der Waals surface area contributed by atoms with Crippen molar-refractivity contribution in [2.24, 2.45) is 23.7 Å². The Bertz CT molecular complexity index is 1940. The Hall–Kier alpha value is -1.94. The van der Waals surface area contributed by atoms with E-state index in [1.165, 1.54) is 205 Å². The number of carbonyl (C=O) groups is 4. The highest BCUT2D eigenvalue weighted by molar-refractivity contribution is 7.47. The molecule has 0 aliphatic carbocycles. The number of phosphoric ester groups is 2. The average Bonchev–Trinajstić information content (AvgIpc) is 0.963. The zero-order valence-electron chi connectivity index (χ0n) is 65.1. The van der Waals surface area contributed by atoms with Gasteiger partial charge in [-0.25, -0.2) is 9.13 Å². The molecule has 0 aromatic carbocycles. The third-order valence-corrected chi connectivity index (χ3v) is 20.5. The molecule has 0 amide bonds. The van der Waals surface area contributed by atoms with Crippen LogP contribution in [0.25, 0.3) is 0 Å². The van der Waals surface area contributed by atoms with Crippen LogP contribution in [0.2, 0.25) is 0 Å². The topological polar surface area (TPSA) is 237 Å². The molecule has 0 heterocycles. The number of esters is 4. The molecule has 5 atom stereocenters. The van der Waals surface area contributed by atoms with Gasteiger partial charge in [-0.15, -0.1) is 0 Å². The second-order valence-electron chi connectivity index (χ2n) is 30.7. The number of rotatable bonds is 77. The number of unbranched alkanes of at least 4 members (excludes halogenated alkanes) is 43. The first-order valence-electron chi connectivity index (χ1n) is 41.2. The summed E-state index contributed by atoms with van der Waals surface area (Å²) in [5.74, 6) is 0.961. The van der Waals surface area contributed by atoms with E-state index in [-0.39, 0.29) is 25.7 Å². The highest BCUT2D eigenvalue weighted by atomic mass is 31.2. The largest absolute Gasteiger partial charge is 0.472 e. The minimum Gasteiger partial charge on any atom is -0.462 e. The zero-order valence-corrected chi connectivity index (χ0v) is 66.9. The average molecular weight is 1450 g/mol. The van der Waals surface area contributed by atoms with Gasteiger partial charge in [-0.2, -0.15) is 0 Å². The first-order chi connectivity index (χ1) is 47.6. The standard InChI is InChI=1S/C80H156O17P2/c1-70(2)56-48-40-32-25-19-13-10-9-11-15-23-29-37-46-54-62-79(84)96-75(66-90-77(82)60-52-44-36-28-22-18-17-21-27-34-42-50-58-72(5)6)68-94-98(86,87)92-64-74(81)65-93-99(88,89)95-69-76(67-91-78(83)61-53-45-39-31-35-43-51-59-73(7)8)97-80(85)63-55-47-38-30-24-16-12-14-20-26-33-41-49-57-71(3)4/h70-76,81H,9-69H2,1-8H3,(H,86,87)(H,88,89)/t74?,75-,76-/m1/s1. The lowest BCUT2D eigenvalue weighted by Gasteiger charge is -2.21. The van der Waals surface area contributed by atoms with Gasteiger partial charge in [0.1, 0.15) is 19.3 Å². The van der Waals surface area contributed by atoms with E-state index in [0.29, 0.717) is 31.6 Å². The van der Waals surface area contributed by atoms with E-state index >= 15 is 0 Å². The maximum atomic E-state index is 13.1. The van der Waals surface area contributed by atoms with Crippen LogP contribution in [0.3, 0.4) is 0 Å². The summed E-state index contributed by atoms with van der Waals surface area (Å²) < 4.78 is 68.7. The third-order valence-electron chi connectivity index (χ3n) is 18.6. The van der Waals surface area contributed by atoms with E-state index in [0.717, 1.165) is 114 Å². The van der Waals surface area contributed by atoms with Crippen LogP contribution in [0.15, 0.2) is 0 Å². The molecule has 17 nitrogen and oxygen atoms in total. The highest BCUT2D eigenvalue weighted by Gasteiger charge is 2.30. The van der Waals surface area contributed by atoms with Crippen molar-refractivity contribution >= 4 is 39.5 Å². The molecule has 0 saturated carbocycles. The summed E-state index contributed by atoms with van der Waals surface area (Å²) in [5.41, 5.74) is 0. The van der Waals surface area contributed by atoms with Crippen molar-refractivity contribution in [3.63, 3.8) is 0 Å². The number of hydrogen-bond acceptors (Lipinski definition) is 15. The SMILES string of the molecule is CC(C)CCCCCCCCCCCCCCCCCC(=O)O[C@H](COC(=O)CCCCCCCCCCCCCCC(C)C)COP(=O)(O)OCC(O)COP(=O)(O)OC[C@@H](COC(=O)CCCCCCCCCC(C)C)OC(=O)CCCCCCCCCCCCCCCC(C)C. The van der Waals surface area contributed by atoms with Crippen LogP contribution in [-0.2, 0) is 65.4 Å². The predicted octanol–water partition coefficient (Wildman–Crippen LogP) is 23.6. The second-order valence-corrected chi connectivity index (χ2v) is 33.6. The molecule has 0 saturated heterocycles. The van der Waals surface area contributed by atoms with Crippen molar-refractivity contribution in [1.82, 2.24) is 0 Å². The van der Waals surface area contributed by atoms with Gasteiger partial charge >= 0.3 is 39.5 Å². The molecule has 0 bridgehead atoms. The molecule has 0 radical (unpaired) electrons. The molecule has 0 aliphatic heterocycles. The van der Waals surface area contributed by atoms with Gasteiger partial charge in [-0.3, -0.25) is 37.3 Å². The molecule has 0 spiro atoms. The molecule has 588 valence electrons. The van der Waals surface area contributed by atoms with Crippen molar-refractivity contribution in [1.29, 1.82) is 0 Å². The van der Waals surface area contributed by atoms with Crippen molar-refractivity contribution in [2.75, 3.05) is 39.6 Å². The highest BCUT2D eigenvalue weighted by Crippen LogP contribution is 2.45. The lowest BCUT2D eigenvalue weighted by molar-refractivity contribution is -0.161. The molecule has 3 N–H and O–H groups in total. The van der Waals surface area contributed by atoms with E-state index in [2.05, 4.69) is 55.4 Å². The maximum absolute atomic E-state index is 13.1. The molecular weight excluding hydrogens is 1290 g/mol. The van der Waals surface area contributed by atoms with Gasteiger partial charge in [-0.1, -0.05) is 357 Å². The number of aliphatic hydroxyl groups excluding tert-OH is 1. The molecule has 99 heavy (non-hydrogen) atoms. The Morgan fingerprint density at radius 2 is 0.424 bits per heavy atom. The summed E-state index contributed by atoms with van der Waals surface area (Å²) in [6.07, 6.45) is 55.5. The van der Waals surface area contributed by atoms with Gasteiger partial charge in [0, 0.05) is 25.7 Å². The first-order valence-corrected chi connectivity index (χ1v) is 44.2. The molecule has 19 heteroatoms. The maximum Gasteiger partial charge on any atom is 0.472 e. The van der Waals surface area contributed by atoms with Crippen molar-refractivity contribution < 1.29 is 80.2 Å². The summed E-state index contributed by atoms with van der Waals surface area (Å²) in [4.78, 5) is 73.0. The molecule has 0 aromatic rings. The van der Waals surface area contributed by atoms with Gasteiger partial charge in [0.2, 0.25) is 0 Å².